The van der Waals surface area contributed by atoms with E-state index in [1.165, 1.54) is 18.4 Å². The number of guanidine groups is 1. The number of methoxy groups -OCH3 is 1. The maximum Gasteiger partial charge on any atom is 0.191 e. The Morgan fingerprint density at radius 3 is 2.46 bits per heavy atom. The van der Waals surface area contributed by atoms with Crippen LogP contribution in [0.25, 0.3) is 0 Å². The van der Waals surface area contributed by atoms with Gasteiger partial charge in [-0.25, -0.2) is 0 Å². The average Bonchev–Trinajstić information content (AvgIpc) is 2.60. The molecule has 134 valence electrons. The van der Waals surface area contributed by atoms with Crippen molar-refractivity contribution in [2.24, 2.45) is 10.9 Å². The second kappa shape index (κ2) is 9.52. The van der Waals surface area contributed by atoms with Gasteiger partial charge in [0.1, 0.15) is 5.75 Å². The molecule has 0 amide bonds. The highest BCUT2D eigenvalue weighted by molar-refractivity contribution is 5.79. The Kier molecular flexibility index (Phi) is 7.37. The van der Waals surface area contributed by atoms with E-state index in [0.717, 1.165) is 43.8 Å². The third-order valence-electron chi connectivity index (χ3n) is 4.48. The van der Waals surface area contributed by atoms with Gasteiger partial charge in [0.25, 0.3) is 0 Å². The van der Waals surface area contributed by atoms with Crippen molar-refractivity contribution < 1.29 is 4.74 Å². The smallest absolute Gasteiger partial charge is 0.191 e. The number of benzene rings is 1. The molecule has 1 aliphatic heterocycles. The fourth-order valence-electron chi connectivity index (χ4n) is 3.05. The molecule has 2 N–H and O–H groups in total. The van der Waals surface area contributed by atoms with Gasteiger partial charge in [0, 0.05) is 26.2 Å². The van der Waals surface area contributed by atoms with E-state index in [1.807, 2.05) is 19.2 Å². The lowest BCUT2D eigenvalue weighted by atomic mass is 9.96. The number of piperidine rings is 1. The van der Waals surface area contributed by atoms with E-state index in [4.69, 9.17) is 4.74 Å². The zero-order valence-electron chi connectivity index (χ0n) is 15.5. The lowest BCUT2D eigenvalue weighted by molar-refractivity contribution is 0.178. The van der Waals surface area contributed by atoms with Gasteiger partial charge < -0.3 is 15.4 Å². The van der Waals surface area contributed by atoms with E-state index in [-0.39, 0.29) is 0 Å². The minimum Gasteiger partial charge on any atom is -0.497 e. The number of rotatable bonds is 6. The van der Waals surface area contributed by atoms with Crippen molar-refractivity contribution in [2.45, 2.75) is 39.3 Å². The van der Waals surface area contributed by atoms with E-state index in [1.54, 1.807) is 7.11 Å². The van der Waals surface area contributed by atoms with Gasteiger partial charge in [-0.05, 0) is 63.4 Å². The summed E-state index contributed by atoms with van der Waals surface area (Å²) in [5, 5.41) is 6.79. The van der Waals surface area contributed by atoms with Crippen LogP contribution in [0, 0.1) is 5.92 Å². The molecule has 5 nitrogen and oxygen atoms in total. The molecule has 0 bridgehead atoms. The molecule has 0 aromatic heterocycles. The quantitative estimate of drug-likeness (QED) is 0.621. The first-order valence-electron chi connectivity index (χ1n) is 8.93. The van der Waals surface area contributed by atoms with Crippen LogP contribution in [0.15, 0.2) is 29.3 Å². The highest BCUT2D eigenvalue weighted by Gasteiger charge is 2.19. The first-order chi connectivity index (χ1) is 11.6. The number of hydrogen-bond donors (Lipinski definition) is 2. The highest BCUT2D eigenvalue weighted by atomic mass is 16.5. The van der Waals surface area contributed by atoms with Gasteiger partial charge in [-0.15, -0.1) is 0 Å². The summed E-state index contributed by atoms with van der Waals surface area (Å²) in [5.41, 5.74) is 1.36. The first-order valence-corrected chi connectivity index (χ1v) is 8.93. The predicted molar refractivity (Wildman–Crippen MR) is 101 cm³/mol. The van der Waals surface area contributed by atoms with E-state index in [9.17, 15) is 0 Å². The van der Waals surface area contributed by atoms with Gasteiger partial charge in [-0.1, -0.05) is 12.1 Å². The number of aliphatic imine (C=N–C) groups is 1. The summed E-state index contributed by atoms with van der Waals surface area (Å²) in [6, 6.07) is 8.81. The number of hydrogen-bond acceptors (Lipinski definition) is 3. The molecule has 0 aliphatic carbocycles. The Balaban J connectivity index is 1.70. The number of nitrogens with zero attached hydrogens (tertiary/aromatic N) is 2. The number of nitrogens with one attached hydrogen (secondary N) is 2. The molecule has 2 rings (SSSR count). The fourth-order valence-corrected chi connectivity index (χ4v) is 3.05. The van der Waals surface area contributed by atoms with Crippen LogP contribution in [0.2, 0.25) is 0 Å². The Bertz CT molecular complexity index is 505. The standard InChI is InChI=1S/C19H32N4O/c1-15(2)22-19(20-3)21-13-16-9-11-23(12-10-16)14-17-5-7-18(24-4)8-6-17/h5-8,15-16H,9-14H2,1-4H3,(H2,20,21,22). The first kappa shape index (κ1) is 18.6. The molecule has 0 spiro atoms. The molecule has 24 heavy (non-hydrogen) atoms. The number of likely N-dealkylation sites (tertiary alicyclic amines) is 1. The van der Waals surface area contributed by atoms with E-state index in [0.29, 0.717) is 6.04 Å². The van der Waals surface area contributed by atoms with Gasteiger partial charge in [0.15, 0.2) is 5.96 Å². The van der Waals surface area contributed by atoms with E-state index in [2.05, 4.69) is 46.5 Å². The zero-order valence-corrected chi connectivity index (χ0v) is 15.5. The second-order valence-electron chi connectivity index (χ2n) is 6.82. The van der Waals surface area contributed by atoms with Crippen LogP contribution < -0.4 is 15.4 Å². The molecule has 0 atom stereocenters. The molecule has 5 heteroatoms. The van der Waals surface area contributed by atoms with Crippen molar-refractivity contribution in [1.29, 1.82) is 0 Å². The molecule has 1 heterocycles. The molecular weight excluding hydrogens is 300 g/mol. The summed E-state index contributed by atoms with van der Waals surface area (Å²) in [4.78, 5) is 6.81. The van der Waals surface area contributed by atoms with Gasteiger partial charge in [-0.2, -0.15) is 0 Å². The van der Waals surface area contributed by atoms with E-state index >= 15 is 0 Å². The van der Waals surface area contributed by atoms with Crippen molar-refractivity contribution in [3.8, 4) is 5.75 Å². The SMILES string of the molecule is CN=C(NCC1CCN(Cc2ccc(OC)cc2)CC1)NC(C)C. The molecule has 0 unspecified atom stereocenters. The van der Waals surface area contributed by atoms with Crippen molar-refractivity contribution >= 4 is 5.96 Å². The van der Waals surface area contributed by atoms with E-state index < -0.39 is 0 Å². The summed E-state index contributed by atoms with van der Waals surface area (Å²) in [7, 11) is 3.54. The molecule has 1 saturated heterocycles. The molecule has 1 fully saturated rings. The van der Waals surface area contributed by atoms with Crippen LogP contribution >= 0.6 is 0 Å². The Labute approximate surface area is 146 Å². The largest absolute Gasteiger partial charge is 0.497 e. The summed E-state index contributed by atoms with van der Waals surface area (Å²) < 4.78 is 5.22. The normalized spacial score (nSPS) is 17.1. The maximum atomic E-state index is 5.22. The molecule has 0 saturated carbocycles. The third-order valence-corrected chi connectivity index (χ3v) is 4.48. The maximum absolute atomic E-state index is 5.22. The van der Waals surface area contributed by atoms with Crippen LogP contribution in [-0.2, 0) is 6.54 Å². The fraction of sp³-hybridized carbons (Fsp3) is 0.632. The van der Waals surface area contributed by atoms with Crippen LogP contribution in [-0.4, -0.2) is 50.7 Å². The zero-order chi connectivity index (χ0) is 17.4. The Morgan fingerprint density at radius 1 is 1.25 bits per heavy atom. The summed E-state index contributed by atoms with van der Waals surface area (Å²) in [6.07, 6.45) is 2.48. The topological polar surface area (TPSA) is 48.9 Å². The van der Waals surface area contributed by atoms with Gasteiger partial charge in [0.2, 0.25) is 0 Å². The second-order valence-corrected chi connectivity index (χ2v) is 6.82. The minimum absolute atomic E-state index is 0.405. The van der Waals surface area contributed by atoms with Crippen molar-refractivity contribution in [2.75, 3.05) is 33.8 Å². The van der Waals surface area contributed by atoms with Crippen molar-refractivity contribution in [3.63, 3.8) is 0 Å². The monoisotopic (exact) mass is 332 g/mol. The Morgan fingerprint density at radius 2 is 1.92 bits per heavy atom. The van der Waals surface area contributed by atoms with Gasteiger partial charge in [0.05, 0.1) is 7.11 Å². The average molecular weight is 332 g/mol. The molecule has 1 aromatic rings. The third kappa shape index (κ3) is 6.04. The summed E-state index contributed by atoms with van der Waals surface area (Å²) in [5.74, 6) is 2.56. The molecule has 0 radical (unpaired) electrons. The van der Waals surface area contributed by atoms with Crippen LogP contribution in [0.1, 0.15) is 32.3 Å². The predicted octanol–water partition coefficient (Wildman–Crippen LogP) is 2.48. The lowest BCUT2D eigenvalue weighted by Crippen LogP contribution is -2.44. The van der Waals surface area contributed by atoms with Gasteiger partial charge >= 0.3 is 0 Å². The van der Waals surface area contributed by atoms with Crippen molar-refractivity contribution in [1.82, 2.24) is 15.5 Å². The van der Waals surface area contributed by atoms with Crippen LogP contribution in [0.5, 0.6) is 5.75 Å². The van der Waals surface area contributed by atoms with Crippen LogP contribution in [0.3, 0.4) is 0 Å². The van der Waals surface area contributed by atoms with Crippen LogP contribution in [0.4, 0.5) is 0 Å². The van der Waals surface area contributed by atoms with Gasteiger partial charge in [-0.3, -0.25) is 9.89 Å². The highest BCUT2D eigenvalue weighted by Crippen LogP contribution is 2.19. The minimum atomic E-state index is 0.405. The summed E-state index contributed by atoms with van der Waals surface area (Å²) >= 11 is 0. The molecule has 1 aromatic carbocycles. The number of ether oxygens (including phenoxy) is 1. The molecular formula is C19H32N4O. The Hall–Kier alpha value is -1.75. The summed E-state index contributed by atoms with van der Waals surface area (Å²) in [6.45, 7) is 8.61. The van der Waals surface area contributed by atoms with Crippen molar-refractivity contribution in [3.05, 3.63) is 29.8 Å². The lowest BCUT2D eigenvalue weighted by Gasteiger charge is -2.32. The molecule has 1 aliphatic rings.